The molecule has 0 bridgehead atoms. The van der Waals surface area contributed by atoms with E-state index in [4.69, 9.17) is 9.84 Å². The third-order valence-electron chi connectivity index (χ3n) is 6.22. The van der Waals surface area contributed by atoms with Gasteiger partial charge in [-0.25, -0.2) is 9.40 Å². The van der Waals surface area contributed by atoms with Gasteiger partial charge in [-0.2, -0.15) is 10.1 Å². The standard InChI is InChI=1S/C28H25FN4O3S/c1-17-3-5-18(6-4-17)23-15-24(19-7-9-20(29)10-8-19)33(32-23)28-31-27(35)25(37-28)16-26(34)30-21-11-13-22(36-2)14-12-21/h3-14,24-25H,15-16H2,1-2H3,(H,30,34)/t24-,25-/m1/s1. The summed E-state index contributed by atoms with van der Waals surface area (Å²) in [6.07, 6.45) is 0.553. The topological polar surface area (TPSA) is 83.4 Å². The van der Waals surface area contributed by atoms with Crippen LogP contribution in [0.25, 0.3) is 0 Å². The maximum Gasteiger partial charge on any atom is 0.262 e. The monoisotopic (exact) mass is 516 g/mol. The molecule has 37 heavy (non-hydrogen) atoms. The summed E-state index contributed by atoms with van der Waals surface area (Å²) in [5.41, 5.74) is 4.46. The molecule has 2 heterocycles. The first-order valence-electron chi connectivity index (χ1n) is 11.8. The molecule has 2 atom stereocenters. The minimum absolute atomic E-state index is 0.0217. The van der Waals surface area contributed by atoms with Gasteiger partial charge in [0, 0.05) is 18.5 Å². The van der Waals surface area contributed by atoms with Crippen molar-refractivity contribution in [3.05, 3.63) is 95.3 Å². The number of anilines is 1. The zero-order valence-electron chi connectivity index (χ0n) is 20.3. The van der Waals surface area contributed by atoms with E-state index in [9.17, 15) is 14.0 Å². The zero-order valence-corrected chi connectivity index (χ0v) is 21.2. The second kappa shape index (κ2) is 10.6. The fourth-order valence-electron chi connectivity index (χ4n) is 4.21. The normalized spacial score (nSPS) is 19.0. The Balaban J connectivity index is 1.33. The van der Waals surface area contributed by atoms with Gasteiger partial charge in [0.15, 0.2) is 5.17 Å². The molecule has 7 nitrogen and oxygen atoms in total. The number of rotatable bonds is 6. The summed E-state index contributed by atoms with van der Waals surface area (Å²) in [4.78, 5) is 29.7. The van der Waals surface area contributed by atoms with Crippen LogP contribution in [0.5, 0.6) is 5.75 Å². The average Bonchev–Trinajstić information content (AvgIpc) is 3.49. The van der Waals surface area contributed by atoms with E-state index in [2.05, 4.69) is 10.3 Å². The first kappa shape index (κ1) is 24.7. The van der Waals surface area contributed by atoms with Crippen LogP contribution in [0.4, 0.5) is 10.1 Å². The van der Waals surface area contributed by atoms with Crippen molar-refractivity contribution in [1.29, 1.82) is 0 Å². The number of hydrogen-bond donors (Lipinski definition) is 1. The Hall–Kier alpha value is -3.98. The van der Waals surface area contributed by atoms with E-state index in [1.54, 1.807) is 48.5 Å². The number of aryl methyl sites for hydroxylation is 1. The number of amides is 2. The summed E-state index contributed by atoms with van der Waals surface area (Å²) < 4.78 is 18.7. The molecular weight excluding hydrogens is 491 g/mol. The van der Waals surface area contributed by atoms with Crippen LogP contribution < -0.4 is 10.1 Å². The van der Waals surface area contributed by atoms with Gasteiger partial charge in [-0.15, -0.1) is 0 Å². The number of nitrogens with zero attached hydrogens (tertiary/aromatic N) is 3. The highest BCUT2D eigenvalue weighted by Gasteiger charge is 2.39. The van der Waals surface area contributed by atoms with E-state index in [1.807, 2.05) is 31.2 Å². The van der Waals surface area contributed by atoms with Gasteiger partial charge >= 0.3 is 0 Å². The van der Waals surface area contributed by atoms with Crippen LogP contribution in [0.15, 0.2) is 82.9 Å². The molecule has 188 valence electrons. The van der Waals surface area contributed by atoms with Gasteiger partial charge in [0.1, 0.15) is 16.8 Å². The first-order valence-corrected chi connectivity index (χ1v) is 12.7. The van der Waals surface area contributed by atoms with Gasteiger partial charge in [-0.05, 0) is 54.4 Å². The zero-order chi connectivity index (χ0) is 25.9. The largest absolute Gasteiger partial charge is 0.497 e. The molecule has 1 N–H and O–H groups in total. The van der Waals surface area contributed by atoms with Gasteiger partial charge in [0.2, 0.25) is 5.91 Å². The van der Waals surface area contributed by atoms with Crippen LogP contribution in [-0.4, -0.2) is 40.1 Å². The Labute approximate surface area is 218 Å². The molecule has 0 fully saturated rings. The van der Waals surface area contributed by atoms with Crippen molar-refractivity contribution < 1.29 is 18.7 Å². The number of ether oxygens (including phenoxy) is 1. The SMILES string of the molecule is COc1ccc(NC(=O)C[C@H]2SC(N3N=C(c4ccc(C)cc4)C[C@@H]3c3ccc(F)cc3)=NC2=O)cc1. The number of methoxy groups -OCH3 is 1. The molecule has 0 spiro atoms. The fraction of sp³-hybridized carbons (Fsp3) is 0.214. The van der Waals surface area contributed by atoms with E-state index in [-0.39, 0.29) is 30.1 Å². The summed E-state index contributed by atoms with van der Waals surface area (Å²) >= 11 is 1.23. The molecule has 0 aromatic heterocycles. The van der Waals surface area contributed by atoms with Gasteiger partial charge in [0.25, 0.3) is 5.91 Å². The number of aliphatic imine (C=N–C) groups is 1. The van der Waals surface area contributed by atoms with Crippen molar-refractivity contribution in [1.82, 2.24) is 5.01 Å². The average molecular weight is 517 g/mol. The fourth-order valence-corrected chi connectivity index (χ4v) is 5.27. The number of hydrazone groups is 1. The molecule has 3 aromatic rings. The van der Waals surface area contributed by atoms with Crippen molar-refractivity contribution in [2.45, 2.75) is 31.1 Å². The third kappa shape index (κ3) is 5.56. The number of thioether (sulfide) groups is 1. The lowest BCUT2D eigenvalue weighted by molar-refractivity contribution is -0.121. The van der Waals surface area contributed by atoms with E-state index >= 15 is 0 Å². The van der Waals surface area contributed by atoms with Crippen LogP contribution in [0.3, 0.4) is 0 Å². The number of hydrogen-bond acceptors (Lipinski definition) is 6. The van der Waals surface area contributed by atoms with Gasteiger partial charge in [-0.3, -0.25) is 9.59 Å². The number of benzene rings is 3. The summed E-state index contributed by atoms with van der Waals surface area (Å²) in [6.45, 7) is 2.02. The Bertz CT molecular complexity index is 1370. The molecule has 9 heteroatoms. The van der Waals surface area contributed by atoms with Crippen LogP contribution >= 0.6 is 11.8 Å². The minimum atomic E-state index is -0.652. The summed E-state index contributed by atoms with van der Waals surface area (Å²) in [7, 11) is 1.57. The molecule has 0 saturated heterocycles. The molecule has 2 amide bonds. The minimum Gasteiger partial charge on any atom is -0.497 e. The highest BCUT2D eigenvalue weighted by atomic mass is 32.2. The van der Waals surface area contributed by atoms with E-state index in [0.29, 0.717) is 23.0 Å². The number of halogens is 1. The maximum atomic E-state index is 13.6. The summed E-state index contributed by atoms with van der Waals surface area (Å²) in [6, 6.07) is 21.1. The van der Waals surface area contributed by atoms with Crippen LogP contribution in [-0.2, 0) is 9.59 Å². The molecule has 0 aliphatic carbocycles. The van der Waals surface area contributed by atoms with E-state index < -0.39 is 5.25 Å². The number of carbonyl (C=O) groups excluding carboxylic acids is 2. The van der Waals surface area contributed by atoms with E-state index in [0.717, 1.165) is 22.4 Å². The van der Waals surface area contributed by atoms with Crippen LogP contribution in [0.1, 0.15) is 35.6 Å². The highest BCUT2D eigenvalue weighted by Crippen LogP contribution is 2.38. The highest BCUT2D eigenvalue weighted by molar-refractivity contribution is 8.15. The van der Waals surface area contributed by atoms with Crippen LogP contribution in [0, 0.1) is 12.7 Å². The second-order valence-electron chi connectivity index (χ2n) is 8.85. The predicted octanol–water partition coefficient (Wildman–Crippen LogP) is 5.32. The van der Waals surface area contributed by atoms with Gasteiger partial charge in [-0.1, -0.05) is 53.7 Å². The lowest BCUT2D eigenvalue weighted by atomic mass is 9.98. The summed E-state index contributed by atoms with van der Waals surface area (Å²) in [5, 5.41) is 9.14. The molecule has 0 unspecified atom stereocenters. The first-order chi connectivity index (χ1) is 17.9. The van der Waals surface area contributed by atoms with E-state index in [1.165, 1.54) is 23.9 Å². The number of amidine groups is 1. The van der Waals surface area contributed by atoms with Crippen molar-refractivity contribution in [3.63, 3.8) is 0 Å². The smallest absolute Gasteiger partial charge is 0.262 e. The molecule has 2 aliphatic rings. The van der Waals surface area contributed by atoms with Crippen molar-refractivity contribution in [3.8, 4) is 5.75 Å². The summed E-state index contributed by atoms with van der Waals surface area (Å²) in [5.74, 6) is -0.294. The quantitative estimate of drug-likeness (QED) is 0.480. The third-order valence-corrected chi connectivity index (χ3v) is 7.36. The van der Waals surface area contributed by atoms with Crippen molar-refractivity contribution in [2.75, 3.05) is 12.4 Å². The lowest BCUT2D eigenvalue weighted by Crippen LogP contribution is -2.25. The van der Waals surface area contributed by atoms with Gasteiger partial charge < -0.3 is 10.1 Å². The van der Waals surface area contributed by atoms with Crippen LogP contribution in [0.2, 0.25) is 0 Å². The second-order valence-corrected chi connectivity index (χ2v) is 10.0. The molecular formula is C28H25FN4O3S. The Morgan fingerprint density at radius 2 is 1.78 bits per heavy atom. The molecule has 0 radical (unpaired) electrons. The number of nitrogens with one attached hydrogen (secondary N) is 1. The van der Waals surface area contributed by atoms with Crippen molar-refractivity contribution in [2.24, 2.45) is 10.1 Å². The molecule has 2 aliphatic heterocycles. The molecule has 0 saturated carbocycles. The van der Waals surface area contributed by atoms with Crippen molar-refractivity contribution >= 4 is 40.1 Å². The number of carbonyl (C=O) groups is 2. The van der Waals surface area contributed by atoms with Gasteiger partial charge in [0.05, 0.1) is 18.9 Å². The Morgan fingerprint density at radius 3 is 2.46 bits per heavy atom. The Kier molecular flexibility index (Phi) is 7.05. The predicted molar refractivity (Wildman–Crippen MR) is 143 cm³/mol. The lowest BCUT2D eigenvalue weighted by Gasteiger charge is -2.23. The molecule has 3 aromatic carbocycles. The Morgan fingerprint density at radius 1 is 1.08 bits per heavy atom. The maximum absolute atomic E-state index is 13.6. The molecule has 5 rings (SSSR count).